The molecule has 4 aromatic rings. The summed E-state index contributed by atoms with van der Waals surface area (Å²) in [4.78, 5) is 25.3. The Morgan fingerprint density at radius 1 is 1.17 bits per heavy atom. The van der Waals surface area contributed by atoms with Gasteiger partial charge in [0, 0.05) is 40.7 Å². The van der Waals surface area contributed by atoms with Crippen LogP contribution in [0.25, 0.3) is 22.1 Å². The molecule has 2 aromatic carbocycles. The first-order valence-electron chi connectivity index (χ1n) is 10.2. The Morgan fingerprint density at radius 2 is 2.00 bits per heavy atom. The van der Waals surface area contributed by atoms with Gasteiger partial charge in [-0.25, -0.2) is 4.98 Å². The topological polar surface area (TPSA) is 65.4 Å². The highest BCUT2D eigenvalue weighted by atomic mass is 79.9. The molecule has 0 spiro atoms. The summed E-state index contributed by atoms with van der Waals surface area (Å²) >= 11 is 3.49. The number of aryl methyl sites for hydroxylation is 1. The van der Waals surface area contributed by atoms with Gasteiger partial charge in [-0.05, 0) is 43.7 Å². The molecule has 2 aliphatic heterocycles. The molecule has 0 unspecified atom stereocenters. The van der Waals surface area contributed by atoms with Gasteiger partial charge in [0.1, 0.15) is 16.9 Å². The number of hydrogen-bond donors (Lipinski definition) is 1. The number of aromatic amines is 1. The zero-order valence-corrected chi connectivity index (χ0v) is 18.1. The van der Waals surface area contributed by atoms with Gasteiger partial charge in [-0.15, -0.1) is 0 Å². The molecule has 2 atom stereocenters. The summed E-state index contributed by atoms with van der Waals surface area (Å²) in [5.74, 6) is 0.699. The number of hydrogen-bond acceptors (Lipinski definition) is 5. The van der Waals surface area contributed by atoms with Crippen LogP contribution in [0.2, 0.25) is 0 Å². The second-order valence-electron chi connectivity index (χ2n) is 8.39. The van der Waals surface area contributed by atoms with Crippen LogP contribution >= 0.6 is 15.9 Å². The van der Waals surface area contributed by atoms with E-state index < -0.39 is 0 Å². The van der Waals surface area contributed by atoms with Crippen molar-refractivity contribution >= 4 is 43.7 Å². The molecule has 1 N–H and O–H groups in total. The van der Waals surface area contributed by atoms with Crippen molar-refractivity contribution < 1.29 is 4.42 Å². The summed E-state index contributed by atoms with van der Waals surface area (Å²) in [6, 6.07) is 15.5. The van der Waals surface area contributed by atoms with E-state index in [0.29, 0.717) is 41.1 Å². The Bertz CT molecular complexity index is 1330. The number of anilines is 1. The van der Waals surface area contributed by atoms with Gasteiger partial charge in [0.15, 0.2) is 0 Å². The van der Waals surface area contributed by atoms with E-state index in [1.54, 1.807) is 0 Å². The molecule has 0 radical (unpaired) electrons. The summed E-state index contributed by atoms with van der Waals surface area (Å²) in [5.41, 5.74) is 3.98. The minimum Gasteiger partial charge on any atom is -0.449 e. The number of likely N-dealkylation sites (tertiary alicyclic amines) is 1. The van der Waals surface area contributed by atoms with Crippen molar-refractivity contribution in [3.05, 3.63) is 68.7 Å². The van der Waals surface area contributed by atoms with Gasteiger partial charge in [0.25, 0.3) is 5.56 Å². The van der Waals surface area contributed by atoms with Gasteiger partial charge in [-0.2, -0.15) is 0 Å². The predicted molar refractivity (Wildman–Crippen MR) is 121 cm³/mol. The summed E-state index contributed by atoms with van der Waals surface area (Å²) in [7, 11) is 0. The number of H-pyrrole nitrogens is 1. The van der Waals surface area contributed by atoms with Crippen LogP contribution in [0, 0.1) is 6.92 Å². The minimum absolute atomic E-state index is 0.215. The number of halogens is 1. The van der Waals surface area contributed by atoms with Crippen LogP contribution < -0.4 is 10.5 Å². The highest BCUT2D eigenvalue weighted by Crippen LogP contribution is 2.35. The lowest BCUT2D eigenvalue weighted by Gasteiger charge is -2.35. The molecule has 7 heteroatoms. The largest absolute Gasteiger partial charge is 0.449 e. The molecule has 6 rings (SSSR count). The van der Waals surface area contributed by atoms with Gasteiger partial charge >= 0.3 is 0 Å². The average molecular weight is 465 g/mol. The number of nitrogens with one attached hydrogen (secondary N) is 1. The molecular formula is C23H21BrN4O2. The summed E-state index contributed by atoms with van der Waals surface area (Å²) < 4.78 is 6.68. The molecule has 2 bridgehead atoms. The second-order valence-corrected chi connectivity index (χ2v) is 9.31. The molecule has 6 nitrogen and oxygen atoms in total. The Labute approximate surface area is 181 Å². The quantitative estimate of drug-likeness (QED) is 0.491. The monoisotopic (exact) mass is 464 g/mol. The van der Waals surface area contributed by atoms with Crippen LogP contribution in [-0.2, 0) is 6.54 Å². The van der Waals surface area contributed by atoms with E-state index in [2.05, 4.69) is 61.9 Å². The number of furan rings is 1. The fourth-order valence-corrected chi connectivity index (χ4v) is 5.30. The third-order valence-corrected chi connectivity index (χ3v) is 6.90. The number of piperazine rings is 1. The lowest BCUT2D eigenvalue weighted by Crippen LogP contribution is -2.46. The van der Waals surface area contributed by atoms with E-state index in [1.807, 2.05) is 18.2 Å². The summed E-state index contributed by atoms with van der Waals surface area (Å²) in [5, 5.41) is 0.861. The third kappa shape index (κ3) is 2.87. The Balaban J connectivity index is 1.27. The Hall–Kier alpha value is -2.64. The second kappa shape index (κ2) is 6.68. The van der Waals surface area contributed by atoms with Crippen molar-refractivity contribution in [2.45, 2.75) is 32.0 Å². The van der Waals surface area contributed by atoms with E-state index in [4.69, 9.17) is 9.40 Å². The highest BCUT2D eigenvalue weighted by Gasteiger charge is 2.43. The van der Waals surface area contributed by atoms with Crippen LogP contribution in [0.15, 0.2) is 56.1 Å². The number of rotatable bonds is 3. The van der Waals surface area contributed by atoms with Gasteiger partial charge in [-0.3, -0.25) is 9.69 Å². The summed E-state index contributed by atoms with van der Waals surface area (Å²) in [6.45, 7) is 4.77. The standard InChI is InChI=1S/C23H21BrN4O2/c1-13-2-5-15(6-3-13)28-11-16-9-17(28)10-27(16)12-20-25-21-18-8-14(24)4-7-19(18)30-22(21)23(29)26-20/h2-8,16-17H,9-12H2,1H3,(H,25,26,29)/t16-,17-/m0/s1. The molecule has 30 heavy (non-hydrogen) atoms. The van der Waals surface area contributed by atoms with Crippen LogP contribution in [0.4, 0.5) is 5.69 Å². The Kier molecular flexibility index (Phi) is 4.05. The first kappa shape index (κ1) is 18.2. The fraction of sp³-hybridized carbons (Fsp3) is 0.304. The van der Waals surface area contributed by atoms with E-state index in [-0.39, 0.29) is 5.56 Å². The number of nitrogens with zero attached hydrogens (tertiary/aromatic N) is 3. The molecule has 0 saturated carbocycles. The third-order valence-electron chi connectivity index (χ3n) is 6.41. The lowest BCUT2D eigenvalue weighted by molar-refractivity contribution is 0.225. The molecule has 2 aromatic heterocycles. The lowest BCUT2D eigenvalue weighted by atomic mass is 10.2. The zero-order valence-electron chi connectivity index (χ0n) is 16.6. The maximum atomic E-state index is 12.6. The summed E-state index contributed by atoms with van der Waals surface area (Å²) in [6.07, 6.45) is 1.15. The van der Waals surface area contributed by atoms with Gasteiger partial charge in [0.2, 0.25) is 5.58 Å². The number of aromatic nitrogens is 2. The molecule has 152 valence electrons. The highest BCUT2D eigenvalue weighted by molar-refractivity contribution is 9.10. The fourth-order valence-electron chi connectivity index (χ4n) is 4.94. The SMILES string of the molecule is Cc1ccc(N2C[C@@H]3C[C@H]2CN3Cc2nc3c(oc4ccc(Br)cc43)c(=O)[nH]2)cc1. The molecule has 4 heterocycles. The maximum Gasteiger partial charge on any atom is 0.294 e. The van der Waals surface area contributed by atoms with Crippen molar-refractivity contribution in [1.29, 1.82) is 0 Å². The zero-order chi connectivity index (χ0) is 20.4. The Morgan fingerprint density at radius 3 is 2.77 bits per heavy atom. The van der Waals surface area contributed by atoms with E-state index >= 15 is 0 Å². The number of fused-ring (bicyclic) bond motifs is 5. The minimum atomic E-state index is -0.215. The molecule has 0 amide bonds. The van der Waals surface area contributed by atoms with E-state index in [0.717, 1.165) is 29.4 Å². The van der Waals surface area contributed by atoms with Crippen LogP contribution in [0.1, 0.15) is 17.8 Å². The van der Waals surface area contributed by atoms with Crippen LogP contribution in [0.3, 0.4) is 0 Å². The van der Waals surface area contributed by atoms with E-state index in [9.17, 15) is 4.79 Å². The molecule has 2 fully saturated rings. The van der Waals surface area contributed by atoms with Crippen molar-refractivity contribution in [2.24, 2.45) is 0 Å². The smallest absolute Gasteiger partial charge is 0.294 e. The predicted octanol–water partition coefficient (Wildman–Crippen LogP) is 4.20. The van der Waals surface area contributed by atoms with Gasteiger partial charge in [-0.1, -0.05) is 33.6 Å². The van der Waals surface area contributed by atoms with Crippen LogP contribution in [0.5, 0.6) is 0 Å². The first-order chi connectivity index (χ1) is 14.5. The first-order valence-corrected chi connectivity index (χ1v) is 11.0. The maximum absolute atomic E-state index is 12.6. The average Bonchev–Trinajstić information content (AvgIpc) is 3.41. The van der Waals surface area contributed by atoms with Gasteiger partial charge < -0.3 is 14.3 Å². The van der Waals surface area contributed by atoms with Crippen molar-refractivity contribution in [3.8, 4) is 0 Å². The molecule has 2 saturated heterocycles. The van der Waals surface area contributed by atoms with Crippen molar-refractivity contribution in [1.82, 2.24) is 14.9 Å². The van der Waals surface area contributed by atoms with Crippen molar-refractivity contribution in [3.63, 3.8) is 0 Å². The molecule has 2 aliphatic rings. The molecular weight excluding hydrogens is 444 g/mol. The van der Waals surface area contributed by atoms with Crippen LogP contribution in [-0.4, -0.2) is 40.0 Å². The van der Waals surface area contributed by atoms with Gasteiger partial charge in [0.05, 0.1) is 6.54 Å². The van der Waals surface area contributed by atoms with Crippen molar-refractivity contribution in [2.75, 3.05) is 18.0 Å². The number of benzene rings is 2. The molecule has 0 aliphatic carbocycles. The van der Waals surface area contributed by atoms with E-state index in [1.165, 1.54) is 11.3 Å². The normalized spacial score (nSPS) is 21.3.